The molecule has 2 aromatic carbocycles. The fraction of sp³-hybridized carbons (Fsp3) is 0.176. The van der Waals surface area contributed by atoms with Crippen molar-refractivity contribution in [1.29, 1.82) is 0 Å². The van der Waals surface area contributed by atoms with Crippen LogP contribution in [0, 0.1) is 0 Å². The molecular formula is C17H16BrN3O. The molecular weight excluding hydrogens is 342 g/mol. The second-order valence-corrected chi connectivity index (χ2v) is 5.77. The Morgan fingerprint density at radius 3 is 3.00 bits per heavy atom. The Balaban J connectivity index is 1.93. The first-order chi connectivity index (χ1) is 10.8. The summed E-state index contributed by atoms with van der Waals surface area (Å²) >= 11 is 3.49. The van der Waals surface area contributed by atoms with Gasteiger partial charge in [0.2, 0.25) is 0 Å². The quantitative estimate of drug-likeness (QED) is 0.632. The Bertz CT molecular complexity index is 811. The van der Waals surface area contributed by atoms with Crippen LogP contribution in [0.25, 0.3) is 11.0 Å². The first-order valence-corrected chi connectivity index (χ1v) is 7.96. The third-order valence-corrected chi connectivity index (χ3v) is 3.68. The SMILES string of the molecule is CCCOc1ccc(Br)cc1/C=N\n1cnc2ccccc21. The van der Waals surface area contributed by atoms with Gasteiger partial charge in [-0.2, -0.15) is 5.10 Å². The predicted octanol–water partition coefficient (Wildman–Crippen LogP) is 4.47. The Morgan fingerprint density at radius 2 is 2.14 bits per heavy atom. The van der Waals surface area contributed by atoms with E-state index in [9.17, 15) is 0 Å². The van der Waals surface area contributed by atoms with Gasteiger partial charge in [-0.3, -0.25) is 0 Å². The van der Waals surface area contributed by atoms with E-state index in [4.69, 9.17) is 4.74 Å². The molecule has 0 N–H and O–H groups in total. The Labute approximate surface area is 137 Å². The molecule has 0 spiro atoms. The van der Waals surface area contributed by atoms with Crippen molar-refractivity contribution in [3.63, 3.8) is 0 Å². The summed E-state index contributed by atoms with van der Waals surface area (Å²) in [5, 5.41) is 4.50. The second kappa shape index (κ2) is 6.75. The number of fused-ring (bicyclic) bond motifs is 1. The number of ether oxygens (including phenoxy) is 1. The van der Waals surface area contributed by atoms with Gasteiger partial charge in [-0.25, -0.2) is 9.66 Å². The Kier molecular flexibility index (Phi) is 4.53. The zero-order chi connectivity index (χ0) is 15.4. The molecule has 4 nitrogen and oxygen atoms in total. The van der Waals surface area contributed by atoms with Gasteiger partial charge in [0, 0.05) is 10.0 Å². The van der Waals surface area contributed by atoms with Gasteiger partial charge < -0.3 is 4.74 Å². The molecule has 0 bridgehead atoms. The van der Waals surface area contributed by atoms with Crippen LogP contribution in [0.5, 0.6) is 5.75 Å². The van der Waals surface area contributed by atoms with E-state index in [1.54, 1.807) is 17.2 Å². The molecule has 0 saturated heterocycles. The summed E-state index contributed by atoms with van der Waals surface area (Å²) in [5.74, 6) is 0.832. The van der Waals surface area contributed by atoms with Crippen LogP contribution < -0.4 is 4.74 Å². The highest BCUT2D eigenvalue weighted by molar-refractivity contribution is 9.10. The lowest BCUT2D eigenvalue weighted by atomic mass is 10.2. The first kappa shape index (κ1) is 14.8. The lowest BCUT2D eigenvalue weighted by Gasteiger charge is -2.08. The van der Waals surface area contributed by atoms with Gasteiger partial charge in [0.25, 0.3) is 0 Å². The van der Waals surface area contributed by atoms with Crippen molar-refractivity contribution >= 4 is 33.2 Å². The summed E-state index contributed by atoms with van der Waals surface area (Å²) in [6.07, 6.45) is 4.48. The fourth-order valence-electron chi connectivity index (χ4n) is 2.13. The Morgan fingerprint density at radius 1 is 1.27 bits per heavy atom. The summed E-state index contributed by atoms with van der Waals surface area (Å²) in [5.41, 5.74) is 2.83. The van der Waals surface area contributed by atoms with Crippen molar-refractivity contribution in [2.24, 2.45) is 5.10 Å². The molecule has 0 fully saturated rings. The third-order valence-electron chi connectivity index (χ3n) is 3.19. The summed E-state index contributed by atoms with van der Waals surface area (Å²) in [6, 6.07) is 13.8. The second-order valence-electron chi connectivity index (χ2n) is 4.85. The molecule has 1 heterocycles. The minimum Gasteiger partial charge on any atom is -0.493 e. The molecule has 22 heavy (non-hydrogen) atoms. The highest BCUT2D eigenvalue weighted by atomic mass is 79.9. The van der Waals surface area contributed by atoms with Gasteiger partial charge in [-0.1, -0.05) is 35.0 Å². The van der Waals surface area contributed by atoms with Gasteiger partial charge in [-0.05, 0) is 36.8 Å². The molecule has 0 atom stereocenters. The normalized spacial score (nSPS) is 11.4. The fourth-order valence-corrected chi connectivity index (χ4v) is 2.51. The smallest absolute Gasteiger partial charge is 0.128 e. The number of halogens is 1. The molecule has 0 radical (unpaired) electrons. The van der Waals surface area contributed by atoms with Crippen LogP contribution in [0.15, 0.2) is 58.4 Å². The van der Waals surface area contributed by atoms with E-state index >= 15 is 0 Å². The molecule has 112 valence electrons. The van der Waals surface area contributed by atoms with E-state index in [0.29, 0.717) is 6.61 Å². The van der Waals surface area contributed by atoms with Gasteiger partial charge >= 0.3 is 0 Å². The highest BCUT2D eigenvalue weighted by Gasteiger charge is 2.04. The van der Waals surface area contributed by atoms with Gasteiger partial charge in [0.15, 0.2) is 0 Å². The van der Waals surface area contributed by atoms with Crippen LogP contribution >= 0.6 is 15.9 Å². The van der Waals surface area contributed by atoms with Crippen molar-refractivity contribution in [3.8, 4) is 5.75 Å². The number of nitrogens with zero attached hydrogens (tertiary/aromatic N) is 3. The maximum atomic E-state index is 5.76. The van der Waals surface area contributed by atoms with E-state index in [2.05, 4.69) is 32.9 Å². The molecule has 1 aromatic heterocycles. The van der Waals surface area contributed by atoms with Gasteiger partial charge in [0.1, 0.15) is 12.1 Å². The van der Waals surface area contributed by atoms with Crippen LogP contribution in [0.2, 0.25) is 0 Å². The summed E-state index contributed by atoms with van der Waals surface area (Å²) in [6.45, 7) is 2.78. The van der Waals surface area contributed by atoms with Gasteiger partial charge in [-0.15, -0.1) is 0 Å². The van der Waals surface area contributed by atoms with Crippen LogP contribution in [0.1, 0.15) is 18.9 Å². The molecule has 0 amide bonds. The maximum Gasteiger partial charge on any atom is 0.128 e. The van der Waals surface area contributed by atoms with Crippen LogP contribution in [-0.2, 0) is 0 Å². The molecule has 0 aliphatic heterocycles. The monoisotopic (exact) mass is 357 g/mol. The highest BCUT2D eigenvalue weighted by Crippen LogP contribution is 2.22. The largest absolute Gasteiger partial charge is 0.493 e. The summed E-state index contributed by atoms with van der Waals surface area (Å²) in [7, 11) is 0. The first-order valence-electron chi connectivity index (χ1n) is 7.16. The number of hydrogen-bond donors (Lipinski definition) is 0. The number of imidazole rings is 1. The molecule has 5 heteroatoms. The summed E-state index contributed by atoms with van der Waals surface area (Å²) in [4.78, 5) is 4.33. The van der Waals surface area contributed by atoms with Crippen molar-refractivity contribution in [3.05, 3.63) is 58.8 Å². The van der Waals surface area contributed by atoms with E-state index in [1.165, 1.54) is 0 Å². The molecule has 0 aliphatic rings. The average molecular weight is 358 g/mol. The standard InChI is InChI=1S/C17H16BrN3O/c1-2-9-22-17-8-7-14(18)10-13(17)11-20-21-12-19-15-5-3-4-6-16(15)21/h3-8,10-12H,2,9H2,1H3/b20-11-. The minimum atomic E-state index is 0.691. The van der Waals surface area contributed by atoms with Crippen LogP contribution in [-0.4, -0.2) is 22.5 Å². The lowest BCUT2D eigenvalue weighted by molar-refractivity contribution is 0.317. The minimum absolute atomic E-state index is 0.691. The van der Waals surface area contributed by atoms with E-state index in [1.807, 2.05) is 42.5 Å². The van der Waals surface area contributed by atoms with E-state index in [-0.39, 0.29) is 0 Å². The van der Waals surface area contributed by atoms with E-state index < -0.39 is 0 Å². The van der Waals surface area contributed by atoms with Gasteiger partial charge in [0.05, 0.1) is 23.9 Å². The third kappa shape index (κ3) is 3.20. The van der Waals surface area contributed by atoms with Crippen molar-refractivity contribution < 1.29 is 4.74 Å². The number of aromatic nitrogens is 2. The van der Waals surface area contributed by atoms with Crippen LogP contribution in [0.3, 0.4) is 0 Å². The van der Waals surface area contributed by atoms with Crippen LogP contribution in [0.4, 0.5) is 0 Å². The van der Waals surface area contributed by atoms with Crippen molar-refractivity contribution in [2.75, 3.05) is 6.61 Å². The number of hydrogen-bond acceptors (Lipinski definition) is 3. The molecule has 3 rings (SSSR count). The maximum absolute atomic E-state index is 5.76. The van der Waals surface area contributed by atoms with Crippen molar-refractivity contribution in [2.45, 2.75) is 13.3 Å². The average Bonchev–Trinajstić information content (AvgIpc) is 2.95. The number of rotatable bonds is 5. The number of para-hydroxylation sites is 2. The Hall–Kier alpha value is -2.14. The number of benzene rings is 2. The lowest BCUT2D eigenvalue weighted by Crippen LogP contribution is -1.99. The molecule has 0 saturated carbocycles. The topological polar surface area (TPSA) is 39.4 Å². The van der Waals surface area contributed by atoms with Crippen molar-refractivity contribution in [1.82, 2.24) is 9.66 Å². The molecule has 0 unspecified atom stereocenters. The molecule has 3 aromatic rings. The zero-order valence-electron chi connectivity index (χ0n) is 12.2. The summed E-state index contributed by atoms with van der Waals surface area (Å²) < 4.78 is 8.52. The molecule has 0 aliphatic carbocycles. The predicted molar refractivity (Wildman–Crippen MR) is 92.7 cm³/mol. The van der Waals surface area contributed by atoms with E-state index in [0.717, 1.165) is 33.2 Å². The zero-order valence-corrected chi connectivity index (χ0v) is 13.8.